The predicted molar refractivity (Wildman–Crippen MR) is 41.6 cm³/mol. The van der Waals surface area contributed by atoms with Crippen LogP contribution in [0.25, 0.3) is 0 Å². The number of nitrogens with two attached hydrogens (primary N) is 2. The number of carbonyl (C=O) groups excluding carboxylic acids is 1. The zero-order valence-corrected chi connectivity index (χ0v) is 6.55. The highest BCUT2D eigenvalue weighted by Gasteiger charge is 2.56. The smallest absolute Gasteiger partial charge is 0.219 e. The molecule has 0 radical (unpaired) electrons. The maximum atomic E-state index is 10.7. The van der Waals surface area contributed by atoms with E-state index in [1.165, 1.54) is 12.8 Å². The van der Waals surface area contributed by atoms with Gasteiger partial charge >= 0.3 is 0 Å². The molecule has 11 heavy (non-hydrogen) atoms. The molecule has 2 rings (SSSR count). The van der Waals surface area contributed by atoms with Crippen molar-refractivity contribution in [3.8, 4) is 0 Å². The molecule has 0 bridgehead atoms. The first kappa shape index (κ1) is 7.10. The summed E-state index contributed by atoms with van der Waals surface area (Å²) in [5, 5.41) is 0. The fourth-order valence-electron chi connectivity index (χ4n) is 2.45. The van der Waals surface area contributed by atoms with Gasteiger partial charge in [0.1, 0.15) is 0 Å². The lowest BCUT2D eigenvalue weighted by Gasteiger charge is -2.23. The van der Waals surface area contributed by atoms with Gasteiger partial charge in [-0.2, -0.15) is 0 Å². The minimum atomic E-state index is -0.250. The van der Waals surface area contributed by atoms with E-state index in [1.807, 2.05) is 0 Å². The Morgan fingerprint density at radius 3 is 2.73 bits per heavy atom. The second kappa shape index (κ2) is 1.97. The number of carbonyl (C=O) groups is 1. The van der Waals surface area contributed by atoms with Crippen LogP contribution >= 0.6 is 0 Å². The van der Waals surface area contributed by atoms with Crippen molar-refractivity contribution in [2.24, 2.45) is 23.3 Å². The van der Waals surface area contributed by atoms with Crippen LogP contribution in [0.15, 0.2) is 0 Å². The topological polar surface area (TPSA) is 69.1 Å². The molecule has 62 valence electrons. The summed E-state index contributed by atoms with van der Waals surface area (Å²) in [6, 6.07) is 0. The molecule has 3 atom stereocenters. The van der Waals surface area contributed by atoms with Crippen LogP contribution in [-0.2, 0) is 4.79 Å². The van der Waals surface area contributed by atoms with Crippen LogP contribution in [0.2, 0.25) is 0 Å². The number of primary amides is 1. The van der Waals surface area contributed by atoms with Crippen LogP contribution in [0.3, 0.4) is 0 Å². The summed E-state index contributed by atoms with van der Waals surface area (Å²) in [7, 11) is 0. The Hall–Kier alpha value is -0.570. The third-order valence-corrected chi connectivity index (χ3v) is 3.14. The minimum absolute atomic E-state index is 0.226. The summed E-state index contributed by atoms with van der Waals surface area (Å²) in [5.41, 5.74) is 10.9. The molecule has 3 heteroatoms. The SMILES string of the molecule is NC(=O)CC1(N)CC[C@@H]2C[C@@H]21. The Labute approximate surface area is 66.1 Å². The van der Waals surface area contributed by atoms with Crippen LogP contribution in [0.5, 0.6) is 0 Å². The van der Waals surface area contributed by atoms with Gasteiger partial charge in [-0.1, -0.05) is 0 Å². The lowest BCUT2D eigenvalue weighted by molar-refractivity contribution is -0.119. The van der Waals surface area contributed by atoms with Gasteiger partial charge in [0.25, 0.3) is 0 Å². The summed E-state index contributed by atoms with van der Waals surface area (Å²) in [6.07, 6.45) is 3.80. The minimum Gasteiger partial charge on any atom is -0.370 e. The molecule has 0 heterocycles. The third kappa shape index (κ3) is 1.03. The summed E-state index contributed by atoms with van der Waals surface area (Å²) in [4.78, 5) is 10.7. The molecule has 0 aromatic carbocycles. The standard InChI is InChI=1S/C8H14N2O/c9-7(11)4-8(10)2-1-5-3-6(5)8/h5-6H,1-4,10H2,(H2,9,11)/t5-,6+,8?/m1/s1. The molecule has 0 saturated heterocycles. The largest absolute Gasteiger partial charge is 0.370 e. The molecule has 3 nitrogen and oxygen atoms in total. The van der Waals surface area contributed by atoms with E-state index < -0.39 is 0 Å². The van der Waals surface area contributed by atoms with Crippen LogP contribution in [-0.4, -0.2) is 11.4 Å². The van der Waals surface area contributed by atoms with E-state index in [0.717, 1.165) is 12.3 Å². The number of hydrogen-bond acceptors (Lipinski definition) is 2. The van der Waals surface area contributed by atoms with Gasteiger partial charge in [-0.3, -0.25) is 4.79 Å². The first-order valence-electron chi connectivity index (χ1n) is 4.19. The molecule has 2 saturated carbocycles. The van der Waals surface area contributed by atoms with Crippen molar-refractivity contribution in [3.63, 3.8) is 0 Å². The zero-order valence-electron chi connectivity index (χ0n) is 6.55. The average molecular weight is 154 g/mol. The second-order valence-corrected chi connectivity index (χ2v) is 4.02. The quantitative estimate of drug-likeness (QED) is 0.587. The van der Waals surface area contributed by atoms with Crippen LogP contribution in [0.1, 0.15) is 25.7 Å². The Bertz CT molecular complexity index is 204. The van der Waals surface area contributed by atoms with Gasteiger partial charge in [0, 0.05) is 12.0 Å². The van der Waals surface area contributed by atoms with Crippen molar-refractivity contribution < 1.29 is 4.79 Å². The van der Waals surface area contributed by atoms with E-state index in [2.05, 4.69) is 0 Å². The van der Waals surface area contributed by atoms with E-state index >= 15 is 0 Å². The van der Waals surface area contributed by atoms with E-state index in [1.54, 1.807) is 0 Å². The molecule has 0 spiro atoms. The first-order chi connectivity index (χ1) is 5.12. The number of amides is 1. The molecule has 2 aliphatic rings. The molecule has 2 aliphatic carbocycles. The molecule has 4 N–H and O–H groups in total. The summed E-state index contributed by atoms with van der Waals surface area (Å²) >= 11 is 0. The van der Waals surface area contributed by atoms with Crippen LogP contribution < -0.4 is 11.5 Å². The molecule has 1 unspecified atom stereocenters. The van der Waals surface area contributed by atoms with Gasteiger partial charge in [-0.25, -0.2) is 0 Å². The van der Waals surface area contributed by atoms with E-state index in [-0.39, 0.29) is 11.4 Å². The Kier molecular flexibility index (Phi) is 1.27. The fourth-order valence-corrected chi connectivity index (χ4v) is 2.45. The van der Waals surface area contributed by atoms with Crippen molar-refractivity contribution >= 4 is 5.91 Å². The Morgan fingerprint density at radius 1 is 1.64 bits per heavy atom. The molecular weight excluding hydrogens is 140 g/mol. The number of hydrogen-bond donors (Lipinski definition) is 2. The van der Waals surface area contributed by atoms with Crippen molar-refractivity contribution in [3.05, 3.63) is 0 Å². The maximum absolute atomic E-state index is 10.7. The number of fused-ring (bicyclic) bond motifs is 1. The molecule has 2 fully saturated rings. The van der Waals surface area contributed by atoms with E-state index in [4.69, 9.17) is 11.5 Å². The second-order valence-electron chi connectivity index (χ2n) is 4.02. The molecule has 0 aromatic rings. The summed E-state index contributed by atoms with van der Waals surface area (Å²) in [6.45, 7) is 0. The maximum Gasteiger partial charge on any atom is 0.219 e. The highest BCUT2D eigenvalue weighted by atomic mass is 16.1. The van der Waals surface area contributed by atoms with E-state index in [0.29, 0.717) is 12.3 Å². The van der Waals surface area contributed by atoms with Crippen LogP contribution in [0.4, 0.5) is 0 Å². The normalized spacial score (nSPS) is 47.0. The molecule has 1 amide bonds. The molecule has 0 aliphatic heterocycles. The summed E-state index contributed by atoms with van der Waals surface area (Å²) < 4.78 is 0. The van der Waals surface area contributed by atoms with Crippen LogP contribution in [0, 0.1) is 11.8 Å². The van der Waals surface area contributed by atoms with Gasteiger partial charge in [-0.05, 0) is 31.1 Å². The first-order valence-corrected chi connectivity index (χ1v) is 4.19. The lowest BCUT2D eigenvalue weighted by atomic mass is 9.90. The van der Waals surface area contributed by atoms with Gasteiger partial charge in [0.15, 0.2) is 0 Å². The monoisotopic (exact) mass is 154 g/mol. The fraction of sp³-hybridized carbons (Fsp3) is 0.875. The average Bonchev–Trinajstić information content (AvgIpc) is 2.55. The van der Waals surface area contributed by atoms with Crippen molar-refractivity contribution in [2.75, 3.05) is 0 Å². The van der Waals surface area contributed by atoms with Crippen molar-refractivity contribution in [1.82, 2.24) is 0 Å². The van der Waals surface area contributed by atoms with Crippen molar-refractivity contribution in [2.45, 2.75) is 31.2 Å². The highest BCUT2D eigenvalue weighted by Crippen LogP contribution is 2.57. The zero-order chi connectivity index (χ0) is 8.06. The predicted octanol–water partition coefficient (Wildman–Crippen LogP) is -0.0108. The lowest BCUT2D eigenvalue weighted by Crippen LogP contribution is -2.43. The Balaban J connectivity index is 2.04. The van der Waals surface area contributed by atoms with E-state index in [9.17, 15) is 4.79 Å². The third-order valence-electron chi connectivity index (χ3n) is 3.14. The highest BCUT2D eigenvalue weighted by molar-refractivity contribution is 5.75. The Morgan fingerprint density at radius 2 is 2.36 bits per heavy atom. The molecular formula is C8H14N2O. The van der Waals surface area contributed by atoms with Gasteiger partial charge in [0.2, 0.25) is 5.91 Å². The summed E-state index contributed by atoms with van der Waals surface area (Å²) in [5.74, 6) is 1.18. The van der Waals surface area contributed by atoms with Crippen molar-refractivity contribution in [1.29, 1.82) is 0 Å². The van der Waals surface area contributed by atoms with Gasteiger partial charge < -0.3 is 11.5 Å². The molecule has 0 aromatic heterocycles. The van der Waals surface area contributed by atoms with Gasteiger partial charge in [-0.15, -0.1) is 0 Å². The van der Waals surface area contributed by atoms with Gasteiger partial charge in [0.05, 0.1) is 0 Å². The number of rotatable bonds is 2.